The number of rotatable bonds is 4. The van der Waals surface area contributed by atoms with Crippen molar-refractivity contribution in [1.82, 2.24) is 0 Å². The molecule has 1 atom stereocenters. The van der Waals surface area contributed by atoms with E-state index in [0.717, 1.165) is 21.5 Å². The summed E-state index contributed by atoms with van der Waals surface area (Å²) in [6, 6.07) is 3.97. The summed E-state index contributed by atoms with van der Waals surface area (Å²) in [7, 11) is 0. The van der Waals surface area contributed by atoms with Gasteiger partial charge in [-0.1, -0.05) is 13.8 Å². The SMILES string of the molecule is CC(C)CCC(O)c1ccc(Br)s1. The maximum atomic E-state index is 9.77. The first kappa shape index (κ1) is 11.2. The van der Waals surface area contributed by atoms with Gasteiger partial charge in [-0.15, -0.1) is 11.3 Å². The molecule has 0 spiro atoms. The molecule has 0 aliphatic carbocycles. The highest BCUT2D eigenvalue weighted by molar-refractivity contribution is 9.11. The summed E-state index contributed by atoms with van der Waals surface area (Å²) in [5, 5.41) is 9.77. The second kappa shape index (κ2) is 5.13. The molecule has 0 aliphatic heterocycles. The first-order valence-electron chi connectivity index (χ1n) is 4.53. The molecule has 13 heavy (non-hydrogen) atoms. The third-order valence-electron chi connectivity index (χ3n) is 1.94. The van der Waals surface area contributed by atoms with Gasteiger partial charge in [0.1, 0.15) is 0 Å². The predicted molar refractivity (Wildman–Crippen MR) is 61.1 cm³/mol. The summed E-state index contributed by atoms with van der Waals surface area (Å²) in [5.74, 6) is 0.665. The molecule has 3 heteroatoms. The van der Waals surface area contributed by atoms with E-state index in [1.54, 1.807) is 11.3 Å². The Labute approximate surface area is 91.9 Å². The zero-order valence-electron chi connectivity index (χ0n) is 7.96. The fourth-order valence-electron chi connectivity index (χ4n) is 1.14. The maximum Gasteiger partial charge on any atom is 0.0882 e. The Morgan fingerprint density at radius 3 is 2.54 bits per heavy atom. The molecule has 0 fully saturated rings. The van der Waals surface area contributed by atoms with E-state index in [-0.39, 0.29) is 6.10 Å². The van der Waals surface area contributed by atoms with Crippen LogP contribution < -0.4 is 0 Å². The van der Waals surface area contributed by atoms with E-state index in [1.165, 1.54) is 0 Å². The number of thiophene rings is 1. The van der Waals surface area contributed by atoms with Gasteiger partial charge < -0.3 is 5.11 Å². The molecule has 1 nitrogen and oxygen atoms in total. The van der Waals surface area contributed by atoms with Gasteiger partial charge in [-0.2, -0.15) is 0 Å². The number of halogens is 1. The van der Waals surface area contributed by atoms with Crippen molar-refractivity contribution in [2.45, 2.75) is 32.8 Å². The van der Waals surface area contributed by atoms with Crippen LogP contribution in [0.5, 0.6) is 0 Å². The minimum atomic E-state index is -0.279. The van der Waals surface area contributed by atoms with E-state index < -0.39 is 0 Å². The molecule has 1 heterocycles. The van der Waals surface area contributed by atoms with Gasteiger partial charge in [0, 0.05) is 4.88 Å². The van der Waals surface area contributed by atoms with Crippen LogP contribution in [0, 0.1) is 5.92 Å². The third-order valence-corrected chi connectivity index (χ3v) is 3.66. The van der Waals surface area contributed by atoms with Crippen LogP contribution in [0.4, 0.5) is 0 Å². The summed E-state index contributed by atoms with van der Waals surface area (Å²) in [6.07, 6.45) is 1.67. The molecule has 74 valence electrons. The van der Waals surface area contributed by atoms with Crippen molar-refractivity contribution in [1.29, 1.82) is 0 Å². The quantitative estimate of drug-likeness (QED) is 0.871. The summed E-state index contributed by atoms with van der Waals surface area (Å²) in [5.41, 5.74) is 0. The number of aliphatic hydroxyl groups excluding tert-OH is 1. The van der Waals surface area contributed by atoms with Crippen molar-refractivity contribution in [2.75, 3.05) is 0 Å². The lowest BCUT2D eigenvalue weighted by atomic mass is 10.0. The highest BCUT2D eigenvalue weighted by Crippen LogP contribution is 2.30. The second-order valence-electron chi connectivity index (χ2n) is 3.63. The van der Waals surface area contributed by atoms with Gasteiger partial charge in [-0.3, -0.25) is 0 Å². The Balaban J connectivity index is 2.44. The van der Waals surface area contributed by atoms with E-state index in [0.29, 0.717) is 5.92 Å². The molecule has 0 radical (unpaired) electrons. The molecule has 1 rings (SSSR count). The number of hydrogen-bond donors (Lipinski definition) is 1. The van der Waals surface area contributed by atoms with Crippen molar-refractivity contribution in [3.05, 3.63) is 20.8 Å². The van der Waals surface area contributed by atoms with Crippen molar-refractivity contribution in [2.24, 2.45) is 5.92 Å². The predicted octanol–water partition coefficient (Wildman–Crippen LogP) is 3.98. The molecule has 0 aromatic carbocycles. The van der Waals surface area contributed by atoms with Gasteiger partial charge in [0.25, 0.3) is 0 Å². The van der Waals surface area contributed by atoms with Gasteiger partial charge in [-0.05, 0) is 46.8 Å². The van der Waals surface area contributed by atoms with E-state index in [1.807, 2.05) is 12.1 Å². The van der Waals surface area contributed by atoms with Crippen LogP contribution >= 0.6 is 27.3 Å². The van der Waals surface area contributed by atoms with Crippen molar-refractivity contribution in [3.8, 4) is 0 Å². The lowest BCUT2D eigenvalue weighted by Crippen LogP contribution is -1.97. The molecule has 1 N–H and O–H groups in total. The first-order chi connectivity index (χ1) is 6.09. The van der Waals surface area contributed by atoms with Gasteiger partial charge in [0.05, 0.1) is 9.89 Å². The third kappa shape index (κ3) is 3.79. The molecule has 0 saturated carbocycles. The highest BCUT2D eigenvalue weighted by Gasteiger charge is 2.10. The normalized spacial score (nSPS) is 13.6. The first-order valence-corrected chi connectivity index (χ1v) is 6.14. The fourth-order valence-corrected chi connectivity index (χ4v) is 2.58. The van der Waals surface area contributed by atoms with Crippen LogP contribution in [0.1, 0.15) is 37.7 Å². The summed E-state index contributed by atoms with van der Waals surface area (Å²) < 4.78 is 1.09. The van der Waals surface area contributed by atoms with Crippen molar-refractivity contribution in [3.63, 3.8) is 0 Å². The molecule has 0 saturated heterocycles. The highest BCUT2D eigenvalue weighted by atomic mass is 79.9. The van der Waals surface area contributed by atoms with Crippen LogP contribution in [0.2, 0.25) is 0 Å². The molecule has 1 aromatic heterocycles. The van der Waals surface area contributed by atoms with Crippen LogP contribution in [0.25, 0.3) is 0 Å². The molecule has 0 amide bonds. The monoisotopic (exact) mass is 262 g/mol. The van der Waals surface area contributed by atoms with Crippen molar-refractivity contribution < 1.29 is 5.11 Å². The summed E-state index contributed by atoms with van der Waals surface area (Å²) >= 11 is 5.00. The Hall–Kier alpha value is 0.140. The van der Waals surface area contributed by atoms with E-state index in [2.05, 4.69) is 29.8 Å². The van der Waals surface area contributed by atoms with Gasteiger partial charge in [0.2, 0.25) is 0 Å². The molecule has 1 unspecified atom stereocenters. The Morgan fingerprint density at radius 1 is 1.38 bits per heavy atom. The maximum absolute atomic E-state index is 9.77. The van der Waals surface area contributed by atoms with E-state index >= 15 is 0 Å². The van der Waals surface area contributed by atoms with Gasteiger partial charge in [0.15, 0.2) is 0 Å². The van der Waals surface area contributed by atoms with E-state index in [9.17, 15) is 5.11 Å². The Bertz CT molecular complexity index is 257. The molecule has 1 aromatic rings. The zero-order valence-corrected chi connectivity index (χ0v) is 10.4. The summed E-state index contributed by atoms with van der Waals surface area (Å²) in [6.45, 7) is 4.36. The molecular formula is C10H15BrOS. The van der Waals surface area contributed by atoms with Crippen molar-refractivity contribution >= 4 is 27.3 Å². The fraction of sp³-hybridized carbons (Fsp3) is 0.600. The minimum absolute atomic E-state index is 0.279. The van der Waals surface area contributed by atoms with Crippen LogP contribution in [0.15, 0.2) is 15.9 Å². The topological polar surface area (TPSA) is 20.2 Å². The minimum Gasteiger partial charge on any atom is -0.388 e. The molecular weight excluding hydrogens is 248 g/mol. The molecule has 0 aliphatic rings. The van der Waals surface area contributed by atoms with Gasteiger partial charge in [-0.25, -0.2) is 0 Å². The lowest BCUT2D eigenvalue weighted by molar-refractivity contribution is 0.163. The number of hydrogen-bond acceptors (Lipinski definition) is 2. The molecule has 0 bridgehead atoms. The second-order valence-corrected chi connectivity index (χ2v) is 6.12. The Morgan fingerprint density at radius 2 is 2.08 bits per heavy atom. The van der Waals surface area contributed by atoms with E-state index in [4.69, 9.17) is 0 Å². The lowest BCUT2D eigenvalue weighted by Gasteiger charge is -2.09. The smallest absolute Gasteiger partial charge is 0.0882 e. The average Bonchev–Trinajstić information content (AvgIpc) is 2.47. The van der Waals surface area contributed by atoms with Crippen LogP contribution in [-0.4, -0.2) is 5.11 Å². The zero-order chi connectivity index (χ0) is 9.84. The summed E-state index contributed by atoms with van der Waals surface area (Å²) in [4.78, 5) is 1.06. The number of aliphatic hydroxyl groups is 1. The standard InChI is InChI=1S/C10H15BrOS/c1-7(2)3-4-8(12)9-5-6-10(11)13-9/h5-8,12H,3-4H2,1-2H3. The van der Waals surface area contributed by atoms with Crippen LogP contribution in [0.3, 0.4) is 0 Å². The Kier molecular flexibility index (Phi) is 4.42. The van der Waals surface area contributed by atoms with Gasteiger partial charge >= 0.3 is 0 Å². The average molecular weight is 263 g/mol. The largest absolute Gasteiger partial charge is 0.388 e. The van der Waals surface area contributed by atoms with Crippen LogP contribution in [-0.2, 0) is 0 Å².